The van der Waals surface area contributed by atoms with Gasteiger partial charge in [0.15, 0.2) is 0 Å². The van der Waals surface area contributed by atoms with Crippen LogP contribution in [0, 0.1) is 5.92 Å². The van der Waals surface area contributed by atoms with Gasteiger partial charge >= 0.3 is 5.97 Å². The van der Waals surface area contributed by atoms with E-state index in [1.807, 2.05) is 20.1 Å². The first kappa shape index (κ1) is 27.7. The van der Waals surface area contributed by atoms with Gasteiger partial charge in [-0.1, -0.05) is 13.8 Å². The largest absolute Gasteiger partial charge is 0.480 e. The fourth-order valence-electron chi connectivity index (χ4n) is 2.48. The Morgan fingerprint density at radius 1 is 0.933 bits per heavy atom. The van der Waals surface area contributed by atoms with Crippen LogP contribution in [0.25, 0.3) is 0 Å². The monoisotopic (exact) mass is 447 g/mol. The van der Waals surface area contributed by atoms with E-state index in [0.29, 0.717) is 12.2 Å². The van der Waals surface area contributed by atoms with E-state index in [1.165, 1.54) is 18.7 Å². The van der Waals surface area contributed by atoms with Crippen LogP contribution in [0.1, 0.15) is 40.0 Å². The van der Waals surface area contributed by atoms with Crippen molar-refractivity contribution in [2.75, 3.05) is 12.0 Å². The number of aliphatic carboxylic acids is 1. The van der Waals surface area contributed by atoms with Crippen LogP contribution in [0.3, 0.4) is 0 Å². The molecule has 0 aliphatic carbocycles. The van der Waals surface area contributed by atoms with Crippen molar-refractivity contribution in [1.29, 1.82) is 0 Å². The molecule has 0 aromatic carbocycles. The molecule has 0 aliphatic rings. The van der Waals surface area contributed by atoms with Crippen molar-refractivity contribution in [1.82, 2.24) is 16.0 Å². The Labute approximate surface area is 180 Å². The Morgan fingerprint density at radius 2 is 1.50 bits per heavy atom. The van der Waals surface area contributed by atoms with Gasteiger partial charge in [0, 0.05) is 0 Å². The number of carbonyl (C=O) groups excluding carboxylic acids is 4. The van der Waals surface area contributed by atoms with Crippen LogP contribution in [0.5, 0.6) is 0 Å². The number of primary amides is 1. The molecule has 0 aromatic rings. The molecule has 0 rings (SSSR count). The summed E-state index contributed by atoms with van der Waals surface area (Å²) in [4.78, 5) is 59.3. The fourth-order valence-corrected chi connectivity index (χ4v) is 2.95. The first-order valence-corrected chi connectivity index (χ1v) is 10.9. The zero-order valence-electron chi connectivity index (χ0n) is 17.8. The molecule has 8 N–H and O–H groups in total. The molecule has 4 amide bonds. The van der Waals surface area contributed by atoms with Crippen LogP contribution in [0.15, 0.2) is 0 Å². The predicted octanol–water partition coefficient (Wildman–Crippen LogP) is -1.45. The second-order valence-corrected chi connectivity index (χ2v) is 8.36. The summed E-state index contributed by atoms with van der Waals surface area (Å²) in [5, 5.41) is 16.4. The standard InChI is InChI=1S/C18H33N5O6S/c1-9(2)7-11(19)16(26)21-10(3)15(25)22-12(5-6-30-4)17(27)23-13(18(28)29)8-14(20)24/h9-13H,5-8,19H2,1-4H3,(H2,20,24)(H,21,26)(H,22,25)(H,23,27)(H,28,29). The van der Waals surface area contributed by atoms with Gasteiger partial charge in [0.25, 0.3) is 0 Å². The molecule has 172 valence electrons. The molecule has 4 unspecified atom stereocenters. The number of amides is 4. The van der Waals surface area contributed by atoms with E-state index in [1.54, 1.807) is 0 Å². The van der Waals surface area contributed by atoms with E-state index in [-0.39, 0.29) is 12.3 Å². The van der Waals surface area contributed by atoms with E-state index in [4.69, 9.17) is 16.6 Å². The molecule has 0 fully saturated rings. The van der Waals surface area contributed by atoms with Crippen LogP contribution in [0.4, 0.5) is 0 Å². The van der Waals surface area contributed by atoms with E-state index in [0.717, 1.165) is 0 Å². The number of carboxylic acids is 1. The molecule has 30 heavy (non-hydrogen) atoms. The maximum Gasteiger partial charge on any atom is 0.326 e. The molecule has 0 spiro atoms. The van der Waals surface area contributed by atoms with Crippen molar-refractivity contribution in [3.05, 3.63) is 0 Å². The van der Waals surface area contributed by atoms with Gasteiger partial charge in [0.2, 0.25) is 23.6 Å². The van der Waals surface area contributed by atoms with Gasteiger partial charge in [0.05, 0.1) is 12.5 Å². The van der Waals surface area contributed by atoms with Gasteiger partial charge in [0.1, 0.15) is 18.1 Å². The van der Waals surface area contributed by atoms with Crippen molar-refractivity contribution < 1.29 is 29.1 Å². The Bertz CT molecular complexity index is 630. The molecule has 0 radical (unpaired) electrons. The van der Waals surface area contributed by atoms with Gasteiger partial charge in [-0.2, -0.15) is 11.8 Å². The number of nitrogens with two attached hydrogens (primary N) is 2. The lowest BCUT2D eigenvalue weighted by Gasteiger charge is -2.23. The highest BCUT2D eigenvalue weighted by atomic mass is 32.2. The first-order valence-electron chi connectivity index (χ1n) is 9.55. The lowest BCUT2D eigenvalue weighted by molar-refractivity contribution is -0.143. The maximum absolute atomic E-state index is 12.5. The Morgan fingerprint density at radius 3 is 1.97 bits per heavy atom. The maximum atomic E-state index is 12.5. The zero-order chi connectivity index (χ0) is 23.4. The lowest BCUT2D eigenvalue weighted by Crippen LogP contribution is -2.56. The van der Waals surface area contributed by atoms with Crippen molar-refractivity contribution in [3.8, 4) is 0 Å². The summed E-state index contributed by atoms with van der Waals surface area (Å²) in [6, 6.07) is -4.28. The Hall–Kier alpha value is -2.34. The molecule has 0 saturated heterocycles. The van der Waals surface area contributed by atoms with Crippen LogP contribution in [-0.2, 0) is 24.0 Å². The average Bonchev–Trinajstić information content (AvgIpc) is 2.62. The summed E-state index contributed by atoms with van der Waals surface area (Å²) >= 11 is 1.43. The van der Waals surface area contributed by atoms with E-state index < -0.39 is 60.2 Å². The van der Waals surface area contributed by atoms with Gasteiger partial charge in [-0.05, 0) is 37.7 Å². The van der Waals surface area contributed by atoms with Gasteiger partial charge in [-0.25, -0.2) is 4.79 Å². The summed E-state index contributed by atoms with van der Waals surface area (Å²) in [5.74, 6) is -3.46. The first-order chi connectivity index (χ1) is 13.9. The molecule has 0 bridgehead atoms. The number of rotatable bonds is 14. The summed E-state index contributed by atoms with van der Waals surface area (Å²) < 4.78 is 0. The SMILES string of the molecule is CSCCC(NC(=O)C(C)NC(=O)C(N)CC(C)C)C(=O)NC(CC(N)=O)C(=O)O. The molecular formula is C18H33N5O6S. The summed E-state index contributed by atoms with van der Waals surface area (Å²) in [6.07, 6.45) is 1.90. The number of hydrogen-bond acceptors (Lipinski definition) is 7. The summed E-state index contributed by atoms with van der Waals surface area (Å²) in [5.41, 5.74) is 10.8. The lowest BCUT2D eigenvalue weighted by atomic mass is 10.0. The van der Waals surface area contributed by atoms with E-state index in [2.05, 4.69) is 16.0 Å². The quantitative estimate of drug-likeness (QED) is 0.186. The third-order valence-corrected chi connectivity index (χ3v) is 4.72. The summed E-state index contributed by atoms with van der Waals surface area (Å²) in [6.45, 7) is 5.29. The third-order valence-electron chi connectivity index (χ3n) is 4.08. The zero-order valence-corrected chi connectivity index (χ0v) is 18.6. The second kappa shape index (κ2) is 13.8. The number of hydrogen-bond donors (Lipinski definition) is 6. The predicted molar refractivity (Wildman–Crippen MR) is 113 cm³/mol. The van der Waals surface area contributed by atoms with Gasteiger partial charge in [-0.15, -0.1) is 0 Å². The van der Waals surface area contributed by atoms with Crippen LogP contribution in [0.2, 0.25) is 0 Å². The third kappa shape index (κ3) is 11.0. The van der Waals surface area contributed by atoms with Crippen molar-refractivity contribution in [3.63, 3.8) is 0 Å². The minimum Gasteiger partial charge on any atom is -0.480 e. The highest BCUT2D eigenvalue weighted by Crippen LogP contribution is 2.05. The molecule has 12 heteroatoms. The molecule has 0 aromatic heterocycles. The molecule has 4 atom stereocenters. The second-order valence-electron chi connectivity index (χ2n) is 7.38. The molecular weight excluding hydrogens is 414 g/mol. The average molecular weight is 448 g/mol. The van der Waals surface area contributed by atoms with Gasteiger partial charge < -0.3 is 32.5 Å². The summed E-state index contributed by atoms with van der Waals surface area (Å²) in [7, 11) is 0. The molecule has 0 aliphatic heterocycles. The Balaban J connectivity index is 5.06. The highest BCUT2D eigenvalue weighted by molar-refractivity contribution is 7.98. The normalized spacial score (nSPS) is 14.9. The fraction of sp³-hybridized carbons (Fsp3) is 0.722. The van der Waals surface area contributed by atoms with E-state index >= 15 is 0 Å². The number of nitrogens with one attached hydrogen (secondary N) is 3. The number of carbonyl (C=O) groups is 5. The van der Waals surface area contributed by atoms with Crippen molar-refractivity contribution >= 4 is 41.4 Å². The van der Waals surface area contributed by atoms with Crippen LogP contribution in [-0.4, -0.2) is 70.9 Å². The number of thioether (sulfide) groups is 1. The van der Waals surface area contributed by atoms with Crippen LogP contribution >= 0.6 is 11.8 Å². The van der Waals surface area contributed by atoms with Crippen LogP contribution < -0.4 is 27.4 Å². The minimum absolute atomic E-state index is 0.206. The van der Waals surface area contributed by atoms with E-state index in [9.17, 15) is 24.0 Å². The van der Waals surface area contributed by atoms with Crippen molar-refractivity contribution in [2.24, 2.45) is 17.4 Å². The van der Waals surface area contributed by atoms with Crippen molar-refractivity contribution in [2.45, 2.75) is 64.2 Å². The number of carboxylic acid groups (broad SMARTS) is 1. The topological polar surface area (TPSA) is 194 Å². The minimum atomic E-state index is -1.50. The molecule has 0 heterocycles. The smallest absolute Gasteiger partial charge is 0.326 e. The molecule has 0 saturated carbocycles. The highest BCUT2D eigenvalue weighted by Gasteiger charge is 2.29. The Kier molecular flexibility index (Phi) is 12.7. The molecule has 11 nitrogen and oxygen atoms in total. The van der Waals surface area contributed by atoms with Gasteiger partial charge in [-0.3, -0.25) is 19.2 Å².